The first-order chi connectivity index (χ1) is 16.9. The van der Waals surface area contributed by atoms with Crippen molar-refractivity contribution in [3.05, 3.63) is 75.7 Å². The standard InChI is InChI=1S/C26H27N3O5S/c1-3-26(4-2,24(32)27-13-22-28-21(15-35-22)23(30)31)29-25(33)34-14-20-18-11-7-5-9-16(18)17-10-6-8-12-19(17)20/h5-12,15,20H,3-4,13-14H2,1-2H3,(H,27,32)(H,29,33)(H,30,31). The van der Waals surface area contributed by atoms with Crippen LogP contribution >= 0.6 is 11.3 Å². The highest BCUT2D eigenvalue weighted by Gasteiger charge is 2.37. The summed E-state index contributed by atoms with van der Waals surface area (Å²) in [6.07, 6.45) is 0.0587. The monoisotopic (exact) mass is 493 g/mol. The maximum absolute atomic E-state index is 13.0. The molecule has 4 rings (SSSR count). The smallest absolute Gasteiger partial charge is 0.408 e. The molecule has 0 atom stereocenters. The number of carbonyl (C=O) groups excluding carboxylic acids is 2. The molecule has 9 heteroatoms. The van der Waals surface area contributed by atoms with E-state index in [1.54, 1.807) is 0 Å². The van der Waals surface area contributed by atoms with E-state index in [1.165, 1.54) is 5.38 Å². The predicted molar refractivity (Wildman–Crippen MR) is 132 cm³/mol. The number of nitrogens with zero attached hydrogens (tertiary/aromatic N) is 1. The molecule has 0 aliphatic heterocycles. The Morgan fingerprint density at radius 2 is 1.63 bits per heavy atom. The van der Waals surface area contributed by atoms with Crippen molar-refractivity contribution in [2.75, 3.05) is 6.61 Å². The Morgan fingerprint density at radius 1 is 1.03 bits per heavy atom. The molecule has 2 amide bonds. The summed E-state index contributed by atoms with van der Waals surface area (Å²) in [6.45, 7) is 3.87. The topological polar surface area (TPSA) is 118 Å². The maximum Gasteiger partial charge on any atom is 0.408 e. The van der Waals surface area contributed by atoms with Gasteiger partial charge in [-0.2, -0.15) is 0 Å². The molecule has 0 spiro atoms. The zero-order valence-electron chi connectivity index (χ0n) is 19.5. The number of rotatable bonds is 9. The fraction of sp³-hybridized carbons (Fsp3) is 0.308. The minimum absolute atomic E-state index is 0.0618. The molecule has 3 aromatic rings. The molecule has 2 aromatic carbocycles. The molecule has 0 unspecified atom stereocenters. The molecule has 182 valence electrons. The molecule has 0 radical (unpaired) electrons. The summed E-state index contributed by atoms with van der Waals surface area (Å²) in [5.74, 6) is -1.57. The van der Waals surface area contributed by atoms with E-state index < -0.39 is 17.6 Å². The van der Waals surface area contributed by atoms with Crippen LogP contribution in [0.5, 0.6) is 0 Å². The van der Waals surface area contributed by atoms with E-state index in [4.69, 9.17) is 9.84 Å². The lowest BCUT2D eigenvalue weighted by atomic mass is 9.92. The third-order valence-corrected chi connectivity index (χ3v) is 7.35. The summed E-state index contributed by atoms with van der Waals surface area (Å²) in [4.78, 5) is 40.9. The van der Waals surface area contributed by atoms with Crippen LogP contribution in [0, 0.1) is 0 Å². The third kappa shape index (κ3) is 4.90. The molecule has 0 saturated carbocycles. The van der Waals surface area contributed by atoms with Gasteiger partial charge in [0.1, 0.15) is 17.2 Å². The van der Waals surface area contributed by atoms with Crippen molar-refractivity contribution in [2.45, 2.75) is 44.7 Å². The predicted octanol–water partition coefficient (Wildman–Crippen LogP) is 4.56. The van der Waals surface area contributed by atoms with E-state index in [0.717, 1.165) is 33.6 Å². The molecular weight excluding hydrogens is 466 g/mol. The van der Waals surface area contributed by atoms with E-state index >= 15 is 0 Å². The largest absolute Gasteiger partial charge is 0.476 e. The summed E-state index contributed by atoms with van der Waals surface area (Å²) in [5, 5.41) is 16.5. The van der Waals surface area contributed by atoms with Gasteiger partial charge >= 0.3 is 12.1 Å². The van der Waals surface area contributed by atoms with Crippen LogP contribution in [0.15, 0.2) is 53.9 Å². The number of carboxylic acids is 1. The summed E-state index contributed by atoms with van der Waals surface area (Å²) < 4.78 is 5.64. The van der Waals surface area contributed by atoms with Crippen LogP contribution in [0.4, 0.5) is 4.79 Å². The van der Waals surface area contributed by atoms with Gasteiger partial charge in [-0.1, -0.05) is 62.4 Å². The molecule has 35 heavy (non-hydrogen) atoms. The van der Waals surface area contributed by atoms with Crippen LogP contribution in [0.1, 0.15) is 59.2 Å². The number of amides is 2. The van der Waals surface area contributed by atoms with Gasteiger partial charge in [0.15, 0.2) is 5.69 Å². The lowest BCUT2D eigenvalue weighted by Crippen LogP contribution is -2.58. The highest BCUT2D eigenvalue weighted by molar-refractivity contribution is 7.09. The molecule has 1 aliphatic rings. The first kappa shape index (κ1) is 24.4. The van der Waals surface area contributed by atoms with Gasteiger partial charge in [0, 0.05) is 11.3 Å². The number of hydrogen-bond donors (Lipinski definition) is 3. The molecule has 0 saturated heterocycles. The van der Waals surface area contributed by atoms with Crippen LogP contribution in [0.25, 0.3) is 11.1 Å². The number of nitrogens with one attached hydrogen (secondary N) is 2. The van der Waals surface area contributed by atoms with E-state index in [2.05, 4.69) is 27.8 Å². The van der Waals surface area contributed by atoms with Crippen molar-refractivity contribution in [2.24, 2.45) is 0 Å². The molecule has 1 aliphatic carbocycles. The Balaban J connectivity index is 1.40. The van der Waals surface area contributed by atoms with Crippen molar-refractivity contribution in [1.82, 2.24) is 15.6 Å². The highest BCUT2D eigenvalue weighted by atomic mass is 32.1. The number of thiazole rings is 1. The van der Waals surface area contributed by atoms with Crippen molar-refractivity contribution < 1.29 is 24.2 Å². The highest BCUT2D eigenvalue weighted by Crippen LogP contribution is 2.44. The van der Waals surface area contributed by atoms with E-state index in [-0.39, 0.29) is 30.7 Å². The van der Waals surface area contributed by atoms with Crippen molar-refractivity contribution in [3.63, 3.8) is 0 Å². The van der Waals surface area contributed by atoms with Gasteiger partial charge in [-0.15, -0.1) is 11.3 Å². The number of carbonyl (C=O) groups is 3. The summed E-state index contributed by atoms with van der Waals surface area (Å²) in [5.41, 5.74) is 3.28. The van der Waals surface area contributed by atoms with E-state index in [9.17, 15) is 14.4 Å². The Morgan fingerprint density at radius 3 is 2.17 bits per heavy atom. The Hall–Kier alpha value is -3.72. The minimum atomic E-state index is -1.16. The number of aromatic carboxylic acids is 1. The number of fused-ring (bicyclic) bond motifs is 3. The molecule has 0 bridgehead atoms. The first-order valence-corrected chi connectivity index (χ1v) is 12.4. The van der Waals surface area contributed by atoms with Crippen LogP contribution in [0.3, 0.4) is 0 Å². The third-order valence-electron chi connectivity index (χ3n) is 6.50. The second-order valence-electron chi connectivity index (χ2n) is 8.35. The van der Waals surface area contributed by atoms with Gasteiger partial charge in [-0.3, -0.25) is 4.79 Å². The number of alkyl carbamates (subject to hydrolysis) is 1. The summed E-state index contributed by atoms with van der Waals surface area (Å²) >= 11 is 1.15. The van der Waals surface area contributed by atoms with Crippen molar-refractivity contribution in [3.8, 4) is 11.1 Å². The fourth-order valence-corrected chi connectivity index (χ4v) is 5.16. The van der Waals surface area contributed by atoms with E-state index in [1.807, 2.05) is 50.2 Å². The van der Waals surface area contributed by atoms with E-state index in [0.29, 0.717) is 17.8 Å². The van der Waals surface area contributed by atoms with Gasteiger partial charge in [-0.25, -0.2) is 14.6 Å². The fourth-order valence-electron chi connectivity index (χ4n) is 4.45. The number of carboxylic acid groups (broad SMARTS) is 1. The van der Waals surface area contributed by atoms with Crippen molar-refractivity contribution in [1.29, 1.82) is 0 Å². The Kier molecular flexibility index (Phi) is 7.16. The lowest BCUT2D eigenvalue weighted by Gasteiger charge is -2.31. The van der Waals surface area contributed by atoms with Crippen LogP contribution in [-0.2, 0) is 16.1 Å². The number of aromatic nitrogens is 1. The maximum atomic E-state index is 13.0. The average Bonchev–Trinajstić information content (AvgIpc) is 3.48. The zero-order chi connectivity index (χ0) is 25.0. The first-order valence-electron chi connectivity index (χ1n) is 11.5. The van der Waals surface area contributed by atoms with Gasteiger partial charge < -0.3 is 20.5 Å². The summed E-state index contributed by atoms with van der Waals surface area (Å²) in [7, 11) is 0. The van der Waals surface area contributed by atoms with Crippen LogP contribution in [-0.4, -0.2) is 40.2 Å². The lowest BCUT2D eigenvalue weighted by molar-refractivity contribution is -0.128. The summed E-state index contributed by atoms with van der Waals surface area (Å²) in [6, 6.07) is 16.2. The number of ether oxygens (including phenoxy) is 1. The molecule has 0 fully saturated rings. The molecule has 8 nitrogen and oxygen atoms in total. The molecule has 1 heterocycles. The number of hydrogen-bond acceptors (Lipinski definition) is 6. The Labute approximate surface area is 207 Å². The second-order valence-corrected chi connectivity index (χ2v) is 9.30. The van der Waals surface area contributed by atoms with Gasteiger partial charge in [0.2, 0.25) is 5.91 Å². The van der Waals surface area contributed by atoms with Gasteiger partial charge in [-0.05, 0) is 35.1 Å². The molecule has 3 N–H and O–H groups in total. The quantitative estimate of drug-likeness (QED) is 0.402. The van der Waals surface area contributed by atoms with Gasteiger partial charge in [0.05, 0.1) is 6.54 Å². The molecular formula is C26H27N3O5S. The van der Waals surface area contributed by atoms with Crippen LogP contribution < -0.4 is 10.6 Å². The minimum Gasteiger partial charge on any atom is -0.476 e. The Bertz CT molecular complexity index is 1210. The number of benzene rings is 2. The van der Waals surface area contributed by atoms with Gasteiger partial charge in [0.25, 0.3) is 0 Å². The van der Waals surface area contributed by atoms with Crippen LogP contribution in [0.2, 0.25) is 0 Å². The van der Waals surface area contributed by atoms with Crippen molar-refractivity contribution >= 4 is 29.3 Å². The zero-order valence-corrected chi connectivity index (χ0v) is 20.4. The second kappa shape index (κ2) is 10.3. The SMILES string of the molecule is CCC(CC)(NC(=O)OCC1c2ccccc2-c2ccccc21)C(=O)NCc1nc(C(=O)O)cs1. The normalized spacial score (nSPS) is 12.5. The molecule has 1 aromatic heterocycles. The average molecular weight is 494 g/mol.